The van der Waals surface area contributed by atoms with Crippen molar-refractivity contribution in [2.24, 2.45) is 0 Å². The van der Waals surface area contributed by atoms with E-state index in [9.17, 15) is 9.59 Å². The van der Waals surface area contributed by atoms with Crippen molar-refractivity contribution in [3.05, 3.63) is 80.8 Å². The van der Waals surface area contributed by atoms with E-state index in [0.29, 0.717) is 43.1 Å². The highest BCUT2D eigenvalue weighted by molar-refractivity contribution is 7.09. The third-order valence-corrected chi connectivity index (χ3v) is 5.29. The van der Waals surface area contributed by atoms with E-state index in [2.05, 4.69) is 15.4 Å². The Bertz CT molecular complexity index is 1230. The molecular formula is C21H21N5O3S. The van der Waals surface area contributed by atoms with E-state index < -0.39 is 0 Å². The van der Waals surface area contributed by atoms with Crippen molar-refractivity contribution in [3.63, 3.8) is 0 Å². The lowest BCUT2D eigenvalue weighted by molar-refractivity contribution is 0.0952. The number of rotatable bonds is 8. The van der Waals surface area contributed by atoms with Crippen LogP contribution in [0.15, 0.2) is 58.8 Å². The van der Waals surface area contributed by atoms with E-state index in [4.69, 9.17) is 4.74 Å². The molecule has 0 radical (unpaired) electrons. The Morgan fingerprint density at radius 2 is 2.13 bits per heavy atom. The fourth-order valence-corrected chi connectivity index (χ4v) is 3.60. The molecule has 30 heavy (non-hydrogen) atoms. The number of nitrogens with zero attached hydrogens (tertiary/aromatic N) is 4. The van der Waals surface area contributed by atoms with Gasteiger partial charge < -0.3 is 10.1 Å². The lowest BCUT2D eigenvalue weighted by atomic mass is 10.2. The van der Waals surface area contributed by atoms with E-state index in [-0.39, 0.29) is 11.6 Å². The van der Waals surface area contributed by atoms with Crippen LogP contribution in [0.5, 0.6) is 5.75 Å². The minimum atomic E-state index is -0.188. The number of hydrogen-bond donors (Lipinski definition) is 1. The lowest BCUT2D eigenvalue weighted by Gasteiger charge is -2.08. The van der Waals surface area contributed by atoms with Crippen molar-refractivity contribution in [1.29, 1.82) is 0 Å². The van der Waals surface area contributed by atoms with E-state index >= 15 is 0 Å². The van der Waals surface area contributed by atoms with Crippen molar-refractivity contribution in [1.82, 2.24) is 24.5 Å². The van der Waals surface area contributed by atoms with Gasteiger partial charge >= 0.3 is 5.69 Å². The van der Waals surface area contributed by atoms with Crippen LogP contribution < -0.4 is 15.7 Å². The van der Waals surface area contributed by atoms with Crippen LogP contribution in [0.2, 0.25) is 0 Å². The molecule has 1 N–H and O–H groups in total. The minimum Gasteiger partial charge on any atom is -0.487 e. The summed E-state index contributed by atoms with van der Waals surface area (Å²) in [7, 11) is 0. The van der Waals surface area contributed by atoms with E-state index in [0.717, 1.165) is 10.7 Å². The first-order chi connectivity index (χ1) is 14.6. The molecule has 154 valence electrons. The first kappa shape index (κ1) is 19.8. The van der Waals surface area contributed by atoms with Crippen LogP contribution in [0, 0.1) is 6.92 Å². The molecule has 0 fully saturated rings. The molecule has 8 nitrogen and oxygen atoms in total. The van der Waals surface area contributed by atoms with Gasteiger partial charge in [-0.05, 0) is 43.7 Å². The summed E-state index contributed by atoms with van der Waals surface area (Å²) in [5.74, 6) is 0.428. The molecule has 4 rings (SSSR count). The number of pyridine rings is 1. The molecule has 0 aliphatic carbocycles. The largest absolute Gasteiger partial charge is 0.487 e. The summed E-state index contributed by atoms with van der Waals surface area (Å²) < 4.78 is 8.65. The van der Waals surface area contributed by atoms with Crippen LogP contribution in [0.1, 0.15) is 27.5 Å². The molecule has 1 aromatic carbocycles. The molecule has 0 saturated heterocycles. The fraction of sp³-hybridized carbons (Fsp3) is 0.238. The number of thiazole rings is 1. The molecule has 4 aromatic rings. The maximum atomic E-state index is 12.4. The van der Waals surface area contributed by atoms with Gasteiger partial charge in [-0.25, -0.2) is 14.5 Å². The average Bonchev–Trinajstić information content (AvgIpc) is 3.33. The van der Waals surface area contributed by atoms with Crippen LogP contribution in [-0.4, -0.2) is 31.6 Å². The van der Waals surface area contributed by atoms with Gasteiger partial charge in [0.15, 0.2) is 5.65 Å². The molecule has 0 aliphatic heterocycles. The Morgan fingerprint density at radius 1 is 1.23 bits per heavy atom. The minimum absolute atomic E-state index is 0.183. The molecule has 3 heterocycles. The number of aromatic nitrogens is 4. The van der Waals surface area contributed by atoms with Gasteiger partial charge in [0.2, 0.25) is 0 Å². The molecule has 0 spiro atoms. The zero-order chi connectivity index (χ0) is 20.9. The molecule has 0 saturated carbocycles. The highest BCUT2D eigenvalue weighted by Gasteiger charge is 2.09. The van der Waals surface area contributed by atoms with E-state index in [1.165, 1.54) is 9.08 Å². The third kappa shape index (κ3) is 4.57. The second kappa shape index (κ2) is 8.91. The van der Waals surface area contributed by atoms with Crippen molar-refractivity contribution in [3.8, 4) is 5.75 Å². The summed E-state index contributed by atoms with van der Waals surface area (Å²) in [4.78, 5) is 29.0. The summed E-state index contributed by atoms with van der Waals surface area (Å²) >= 11 is 1.58. The Labute approximate surface area is 176 Å². The first-order valence-corrected chi connectivity index (χ1v) is 10.4. The van der Waals surface area contributed by atoms with Crippen LogP contribution in [0.4, 0.5) is 0 Å². The number of ether oxygens (including phenoxy) is 1. The Hall–Kier alpha value is -3.46. The molecule has 1 amide bonds. The third-order valence-electron chi connectivity index (χ3n) is 4.47. The van der Waals surface area contributed by atoms with Gasteiger partial charge in [-0.3, -0.25) is 9.20 Å². The van der Waals surface area contributed by atoms with Gasteiger partial charge in [-0.1, -0.05) is 12.1 Å². The van der Waals surface area contributed by atoms with Crippen molar-refractivity contribution in [2.45, 2.75) is 26.5 Å². The predicted molar refractivity (Wildman–Crippen MR) is 114 cm³/mol. The standard InChI is InChI=1S/C21H21N5O3S/c1-15-23-17(14-30-15)13-29-18-7-4-6-16(12-18)20(27)22-9-5-11-26-21(28)25-10-3-2-8-19(25)24-26/h2-4,6-8,10,12,14H,5,9,11,13H2,1H3,(H,22,27). The van der Waals surface area contributed by atoms with Crippen LogP contribution in [-0.2, 0) is 13.2 Å². The van der Waals surface area contributed by atoms with Crippen molar-refractivity contribution in [2.75, 3.05) is 6.54 Å². The second-order valence-corrected chi connectivity index (χ2v) is 7.78. The molecule has 0 aliphatic rings. The molecular weight excluding hydrogens is 402 g/mol. The van der Waals surface area contributed by atoms with Crippen molar-refractivity contribution >= 4 is 22.9 Å². The highest BCUT2D eigenvalue weighted by atomic mass is 32.1. The molecule has 3 aromatic heterocycles. The first-order valence-electron chi connectivity index (χ1n) is 9.56. The van der Waals surface area contributed by atoms with Gasteiger partial charge in [-0.15, -0.1) is 16.4 Å². The Morgan fingerprint density at radius 3 is 2.93 bits per heavy atom. The second-order valence-electron chi connectivity index (χ2n) is 6.72. The maximum absolute atomic E-state index is 12.4. The summed E-state index contributed by atoms with van der Waals surface area (Å²) in [5, 5.41) is 10.1. The van der Waals surface area contributed by atoms with Gasteiger partial charge in [0, 0.05) is 30.2 Å². The summed E-state index contributed by atoms with van der Waals surface area (Å²) in [6.07, 6.45) is 2.28. The highest BCUT2D eigenvalue weighted by Crippen LogP contribution is 2.16. The SMILES string of the molecule is Cc1nc(COc2cccc(C(=O)NCCCn3nc4ccccn4c3=O)c2)cs1. The Balaban J connectivity index is 1.28. The molecule has 0 bridgehead atoms. The van der Waals surface area contributed by atoms with Gasteiger partial charge in [0.25, 0.3) is 5.91 Å². The zero-order valence-electron chi connectivity index (χ0n) is 16.4. The normalized spacial score (nSPS) is 11.0. The van der Waals surface area contributed by atoms with E-state index in [1.54, 1.807) is 47.9 Å². The number of nitrogens with one attached hydrogen (secondary N) is 1. The quantitative estimate of drug-likeness (QED) is 0.440. The van der Waals surface area contributed by atoms with Crippen LogP contribution >= 0.6 is 11.3 Å². The number of benzene rings is 1. The zero-order valence-corrected chi connectivity index (χ0v) is 17.3. The van der Waals surface area contributed by atoms with Gasteiger partial charge in [0.1, 0.15) is 12.4 Å². The monoisotopic (exact) mass is 423 g/mol. The topological polar surface area (TPSA) is 90.5 Å². The number of fused-ring (bicyclic) bond motifs is 1. The van der Waals surface area contributed by atoms with Crippen LogP contribution in [0.3, 0.4) is 0 Å². The van der Waals surface area contributed by atoms with Crippen LogP contribution in [0.25, 0.3) is 5.65 Å². The molecule has 0 atom stereocenters. The summed E-state index contributed by atoms with van der Waals surface area (Å²) in [5.41, 5.74) is 1.81. The number of carbonyl (C=O) groups excluding carboxylic acids is 1. The predicted octanol–water partition coefficient (Wildman–Crippen LogP) is 2.66. The Kier molecular flexibility index (Phi) is 5.89. The van der Waals surface area contributed by atoms with Crippen molar-refractivity contribution < 1.29 is 9.53 Å². The number of carbonyl (C=O) groups is 1. The number of aryl methyl sites for hydroxylation is 2. The average molecular weight is 423 g/mol. The van der Waals surface area contributed by atoms with E-state index in [1.807, 2.05) is 24.4 Å². The lowest BCUT2D eigenvalue weighted by Crippen LogP contribution is -2.27. The summed E-state index contributed by atoms with van der Waals surface area (Å²) in [6.45, 7) is 3.17. The van der Waals surface area contributed by atoms with Gasteiger partial charge in [0.05, 0.1) is 10.7 Å². The fourth-order valence-electron chi connectivity index (χ4n) is 3.01. The maximum Gasteiger partial charge on any atom is 0.350 e. The smallest absolute Gasteiger partial charge is 0.350 e. The molecule has 0 unspecified atom stereocenters. The van der Waals surface area contributed by atoms with Gasteiger partial charge in [-0.2, -0.15) is 0 Å². The molecule has 9 heteroatoms. The summed E-state index contributed by atoms with van der Waals surface area (Å²) in [6, 6.07) is 12.4. The number of amides is 1. The number of hydrogen-bond acceptors (Lipinski definition) is 6.